The second-order valence-electron chi connectivity index (χ2n) is 11.8. The smallest absolute Gasteiger partial charge is 0.269 e. The van der Waals surface area contributed by atoms with Crippen molar-refractivity contribution >= 4 is 23.2 Å². The molecule has 2 aliphatic rings. The summed E-state index contributed by atoms with van der Waals surface area (Å²) in [6.45, 7) is 13.4. The van der Waals surface area contributed by atoms with E-state index >= 15 is 0 Å². The Morgan fingerprint density at radius 1 is 1.05 bits per heavy atom. The monoisotopic (exact) mass is 547 g/mol. The molecule has 1 N–H and O–H groups in total. The second kappa shape index (κ2) is 11.2. The summed E-state index contributed by atoms with van der Waals surface area (Å²) in [5.41, 5.74) is 4.93. The van der Waals surface area contributed by atoms with Gasteiger partial charge in [0.25, 0.3) is 5.95 Å². The fourth-order valence-electron chi connectivity index (χ4n) is 5.11. The molecule has 0 aliphatic carbocycles. The number of benzene rings is 2. The maximum atomic E-state index is 13.4. The molecular formula is C30H37N5O3S. The second-order valence-corrected chi connectivity index (χ2v) is 13.0. The highest BCUT2D eigenvalue weighted by atomic mass is 32.2. The minimum atomic E-state index is -1.59. The molecule has 0 spiro atoms. The van der Waals surface area contributed by atoms with Gasteiger partial charge in [-0.15, -0.1) is 0 Å². The molecule has 5 rings (SSSR count). The summed E-state index contributed by atoms with van der Waals surface area (Å²) in [4.78, 5) is 27.4. The van der Waals surface area contributed by atoms with E-state index in [0.717, 1.165) is 35.2 Å². The van der Waals surface area contributed by atoms with E-state index in [2.05, 4.69) is 35.4 Å². The number of carbonyl (C=O) groups excluding carboxylic acids is 1. The fraction of sp³-hybridized carbons (Fsp3) is 0.433. The number of amides is 1. The molecule has 2 atom stereocenters. The first-order chi connectivity index (χ1) is 18.5. The van der Waals surface area contributed by atoms with Crippen molar-refractivity contribution < 1.29 is 14.1 Å². The number of nitrogens with zero attached hydrogens (tertiary/aromatic N) is 4. The lowest BCUT2D eigenvalue weighted by Gasteiger charge is -2.27. The summed E-state index contributed by atoms with van der Waals surface area (Å²) in [6, 6.07) is 15.5. The molecule has 0 radical (unpaired) electrons. The summed E-state index contributed by atoms with van der Waals surface area (Å²) in [5.74, 6) is 0.691. The van der Waals surface area contributed by atoms with Crippen LogP contribution in [0.15, 0.2) is 53.4 Å². The molecular weight excluding hydrogens is 510 g/mol. The summed E-state index contributed by atoms with van der Waals surface area (Å²) >= 11 is -1.59. The van der Waals surface area contributed by atoms with Gasteiger partial charge in [0.2, 0.25) is 11.8 Å². The molecule has 1 amide bonds. The van der Waals surface area contributed by atoms with Crippen molar-refractivity contribution in [1.29, 1.82) is 0 Å². The molecule has 1 saturated heterocycles. The molecule has 3 aromatic rings. The molecule has 2 aliphatic heterocycles. The van der Waals surface area contributed by atoms with E-state index in [1.165, 1.54) is 0 Å². The zero-order chi connectivity index (χ0) is 27.7. The van der Waals surface area contributed by atoms with Gasteiger partial charge in [-0.1, -0.05) is 51.1 Å². The minimum absolute atomic E-state index is 0.0640. The highest BCUT2D eigenvalue weighted by molar-refractivity contribution is 7.92. The van der Waals surface area contributed by atoms with Crippen LogP contribution in [0.3, 0.4) is 0 Å². The first kappa shape index (κ1) is 27.4. The van der Waals surface area contributed by atoms with Gasteiger partial charge in [0.1, 0.15) is 17.5 Å². The number of rotatable bonds is 3. The van der Waals surface area contributed by atoms with Crippen molar-refractivity contribution in [1.82, 2.24) is 19.8 Å². The largest absolute Gasteiger partial charge is 0.588 e. The number of nitrogens with one attached hydrogen (secondary N) is 1. The van der Waals surface area contributed by atoms with E-state index in [1.54, 1.807) is 6.07 Å². The van der Waals surface area contributed by atoms with Crippen LogP contribution in [0.5, 0.6) is 5.88 Å². The number of fused-ring (bicyclic) bond motifs is 6. The van der Waals surface area contributed by atoms with E-state index in [9.17, 15) is 9.35 Å². The molecule has 206 valence electrons. The van der Waals surface area contributed by atoms with Crippen LogP contribution in [-0.2, 0) is 22.7 Å². The van der Waals surface area contributed by atoms with Crippen LogP contribution in [-0.4, -0.2) is 62.5 Å². The minimum Gasteiger partial charge on any atom is -0.588 e. The zero-order valence-electron chi connectivity index (χ0n) is 23.4. The van der Waals surface area contributed by atoms with Gasteiger partial charge in [-0.2, -0.15) is 9.71 Å². The molecule has 2 unspecified atom stereocenters. The lowest BCUT2D eigenvalue weighted by Crippen LogP contribution is -2.39. The van der Waals surface area contributed by atoms with E-state index < -0.39 is 11.4 Å². The van der Waals surface area contributed by atoms with E-state index in [0.29, 0.717) is 42.6 Å². The maximum absolute atomic E-state index is 13.4. The quantitative estimate of drug-likeness (QED) is 0.474. The number of aromatic nitrogens is 2. The first-order valence-electron chi connectivity index (χ1n) is 13.4. The van der Waals surface area contributed by atoms with Gasteiger partial charge in [0.15, 0.2) is 4.90 Å². The Balaban J connectivity index is 1.57. The van der Waals surface area contributed by atoms with Crippen LogP contribution in [0, 0.1) is 19.3 Å². The summed E-state index contributed by atoms with van der Waals surface area (Å²) in [6.07, 6.45) is 0.679. The number of anilines is 1. The molecule has 9 heteroatoms. The van der Waals surface area contributed by atoms with Crippen molar-refractivity contribution in [3.05, 3.63) is 65.2 Å². The third kappa shape index (κ3) is 6.72. The van der Waals surface area contributed by atoms with E-state index in [1.807, 2.05) is 61.2 Å². The van der Waals surface area contributed by atoms with Crippen LogP contribution in [0.25, 0.3) is 11.3 Å². The maximum Gasteiger partial charge on any atom is 0.269 e. The average molecular weight is 548 g/mol. The van der Waals surface area contributed by atoms with E-state index in [-0.39, 0.29) is 23.4 Å². The molecule has 1 fully saturated rings. The summed E-state index contributed by atoms with van der Waals surface area (Å²) < 4.78 is 22.8. The highest BCUT2D eigenvalue weighted by Crippen LogP contribution is 2.30. The lowest BCUT2D eigenvalue weighted by molar-refractivity contribution is -0.132. The zero-order valence-corrected chi connectivity index (χ0v) is 24.2. The third-order valence-corrected chi connectivity index (χ3v) is 8.22. The standard InChI is InChI=1S/C30H37N5O3S/c1-20-8-6-9-21(2)28(20)25-15-26-32-29(31-25)33-39(37)24-11-7-10-22(14-24)16-35-18-23(38-26)17-34(19-27(35)36)13-12-30(3,4)5/h6-11,14-15,23H,12-13,16-19H2,1-5H3,(H,31,32,33). The van der Waals surface area contributed by atoms with Gasteiger partial charge in [0, 0.05) is 30.8 Å². The van der Waals surface area contributed by atoms with Crippen molar-refractivity contribution in [2.24, 2.45) is 5.41 Å². The van der Waals surface area contributed by atoms with E-state index in [4.69, 9.17) is 9.72 Å². The Labute approximate surface area is 234 Å². The van der Waals surface area contributed by atoms with Crippen molar-refractivity contribution in [3.63, 3.8) is 0 Å². The average Bonchev–Trinajstić information content (AvgIpc) is 2.99. The Kier molecular flexibility index (Phi) is 7.84. The van der Waals surface area contributed by atoms with Gasteiger partial charge in [-0.25, -0.2) is 4.98 Å². The highest BCUT2D eigenvalue weighted by Gasteiger charge is 2.31. The normalized spacial score (nSPS) is 20.2. The van der Waals surface area contributed by atoms with Crippen LogP contribution in [0.2, 0.25) is 0 Å². The Morgan fingerprint density at radius 3 is 2.54 bits per heavy atom. The summed E-state index contributed by atoms with van der Waals surface area (Å²) in [5, 5.41) is 0. The summed E-state index contributed by atoms with van der Waals surface area (Å²) in [7, 11) is 0. The number of ether oxygens (including phenoxy) is 1. The lowest BCUT2D eigenvalue weighted by atomic mass is 9.92. The predicted molar refractivity (Wildman–Crippen MR) is 154 cm³/mol. The Bertz CT molecular complexity index is 1340. The van der Waals surface area contributed by atoms with Gasteiger partial charge in [-0.05, 0) is 55.0 Å². The molecule has 6 bridgehead atoms. The van der Waals surface area contributed by atoms with Gasteiger partial charge >= 0.3 is 0 Å². The van der Waals surface area contributed by atoms with Crippen LogP contribution < -0.4 is 9.46 Å². The van der Waals surface area contributed by atoms with Crippen LogP contribution in [0.4, 0.5) is 5.95 Å². The Hall–Kier alpha value is -3.14. The van der Waals surface area contributed by atoms with Crippen molar-refractivity contribution in [2.45, 2.75) is 58.6 Å². The molecule has 1 aromatic heterocycles. The van der Waals surface area contributed by atoms with Gasteiger partial charge in [0.05, 0.1) is 18.8 Å². The number of carbonyl (C=O) groups is 1. The van der Waals surface area contributed by atoms with Gasteiger partial charge < -0.3 is 14.2 Å². The van der Waals surface area contributed by atoms with Crippen LogP contribution in [0.1, 0.15) is 43.9 Å². The number of hydrogen-bond acceptors (Lipinski definition) is 7. The SMILES string of the molecule is Cc1cccc(C)c1-c1cc2nc(n1)N[S+]([O-])c1cccc(c1)CN1CC(CN(CCC(C)(C)C)CC1=O)O2. The Morgan fingerprint density at radius 2 is 1.79 bits per heavy atom. The van der Waals surface area contributed by atoms with Gasteiger partial charge in [-0.3, -0.25) is 9.69 Å². The molecule has 3 heterocycles. The number of aryl methyl sites for hydroxylation is 2. The third-order valence-electron chi connectivity index (χ3n) is 7.17. The number of hydrogen-bond donors (Lipinski definition) is 1. The van der Waals surface area contributed by atoms with Crippen LogP contribution >= 0.6 is 0 Å². The predicted octanol–water partition coefficient (Wildman–Crippen LogP) is 4.74. The van der Waals surface area contributed by atoms with Crippen molar-refractivity contribution in [2.75, 3.05) is 30.9 Å². The first-order valence-corrected chi connectivity index (χ1v) is 14.6. The molecule has 39 heavy (non-hydrogen) atoms. The molecule has 0 saturated carbocycles. The topological polar surface area (TPSA) is 93.6 Å². The molecule has 8 nitrogen and oxygen atoms in total. The molecule has 2 aromatic carbocycles. The fourth-order valence-corrected chi connectivity index (χ4v) is 5.95. The van der Waals surface area contributed by atoms with Crippen molar-refractivity contribution in [3.8, 4) is 17.1 Å².